The summed E-state index contributed by atoms with van der Waals surface area (Å²) in [5.41, 5.74) is 1.70. The molecule has 4 aromatic rings. The van der Waals surface area contributed by atoms with Crippen molar-refractivity contribution in [2.24, 2.45) is 5.92 Å². The molecule has 234 valence electrons. The lowest BCUT2D eigenvalue weighted by atomic mass is 9.88. The molecule has 2 aromatic heterocycles. The van der Waals surface area contributed by atoms with Crippen molar-refractivity contribution in [2.45, 2.75) is 37.9 Å². The zero-order chi connectivity index (χ0) is 31.6. The van der Waals surface area contributed by atoms with Crippen LogP contribution in [0.25, 0.3) is 22.0 Å². The van der Waals surface area contributed by atoms with E-state index in [9.17, 15) is 22.4 Å². The van der Waals surface area contributed by atoms with Gasteiger partial charge in [-0.3, -0.25) is 9.89 Å². The summed E-state index contributed by atoms with van der Waals surface area (Å²) in [4.78, 5) is 18.4. The van der Waals surface area contributed by atoms with Gasteiger partial charge in [0.1, 0.15) is 6.61 Å². The van der Waals surface area contributed by atoms with Crippen molar-refractivity contribution >= 4 is 28.0 Å². The Labute approximate surface area is 258 Å². The summed E-state index contributed by atoms with van der Waals surface area (Å²) in [6.45, 7) is 4.59. The first-order chi connectivity index (χ1) is 21.6. The number of pyridine rings is 1. The summed E-state index contributed by atoms with van der Waals surface area (Å²) in [7, 11) is 0. The Hall–Kier alpha value is -4.51. The number of carbonyl (C=O) groups is 1. The molecule has 2 aromatic carbocycles. The van der Waals surface area contributed by atoms with Gasteiger partial charge in [-0.2, -0.15) is 22.7 Å². The topological polar surface area (TPSA) is 83.1 Å². The second kappa shape index (κ2) is 12.5. The van der Waals surface area contributed by atoms with Crippen molar-refractivity contribution in [1.29, 1.82) is 0 Å². The minimum absolute atomic E-state index is 0.0224. The van der Waals surface area contributed by atoms with Crippen molar-refractivity contribution in [2.75, 3.05) is 26.2 Å². The normalized spacial score (nSPS) is 17.0. The molecule has 1 saturated heterocycles. The van der Waals surface area contributed by atoms with Crippen LogP contribution in [0.2, 0.25) is 0 Å². The van der Waals surface area contributed by atoms with Crippen molar-refractivity contribution in [3.63, 3.8) is 0 Å². The second-order valence-electron chi connectivity index (χ2n) is 11.9. The fraction of sp³-hybridized carbons (Fsp3) is 0.324. The third-order valence-corrected chi connectivity index (χ3v) is 8.20. The highest BCUT2D eigenvalue weighted by atomic mass is 19.4. The molecule has 1 amide bonds. The maximum Gasteiger partial charge on any atom is 0.393 e. The van der Waals surface area contributed by atoms with E-state index in [1.54, 1.807) is 60.7 Å². The smallest absolute Gasteiger partial charge is 0.393 e. The van der Waals surface area contributed by atoms with Gasteiger partial charge in [0.2, 0.25) is 17.7 Å². The Bertz CT molecular complexity index is 1720. The Morgan fingerprint density at radius 2 is 1.84 bits per heavy atom. The molecule has 0 bridgehead atoms. The van der Waals surface area contributed by atoms with E-state index in [-0.39, 0.29) is 28.0 Å². The number of aromatic amines is 1. The van der Waals surface area contributed by atoms with Crippen LogP contribution in [0.4, 0.5) is 17.6 Å². The molecule has 0 spiro atoms. The van der Waals surface area contributed by atoms with E-state index in [0.717, 1.165) is 25.9 Å². The number of fused-ring (bicyclic) bond motifs is 1. The van der Waals surface area contributed by atoms with Gasteiger partial charge < -0.3 is 15.0 Å². The van der Waals surface area contributed by atoms with Crippen LogP contribution in [-0.2, 0) is 4.79 Å². The average Bonchev–Trinajstić information content (AvgIpc) is 3.70. The molecule has 11 heteroatoms. The molecular weight excluding hydrogens is 586 g/mol. The quantitative estimate of drug-likeness (QED) is 0.113. The van der Waals surface area contributed by atoms with E-state index < -0.39 is 18.5 Å². The number of benzene rings is 2. The monoisotopic (exact) mass is 619 g/mol. The van der Waals surface area contributed by atoms with Crippen LogP contribution in [0.15, 0.2) is 79.0 Å². The highest BCUT2D eigenvalue weighted by molar-refractivity contribution is 6.00. The third kappa shape index (κ3) is 7.25. The zero-order valence-corrected chi connectivity index (χ0v) is 24.7. The van der Waals surface area contributed by atoms with Crippen LogP contribution < -0.4 is 10.1 Å². The van der Waals surface area contributed by atoms with E-state index >= 15 is 0 Å². The molecule has 2 aliphatic rings. The van der Waals surface area contributed by atoms with Gasteiger partial charge in [0.05, 0.1) is 22.9 Å². The number of carbonyl (C=O) groups excluding carboxylic acids is 1. The Morgan fingerprint density at radius 3 is 2.51 bits per heavy atom. The van der Waals surface area contributed by atoms with E-state index in [1.165, 1.54) is 12.3 Å². The summed E-state index contributed by atoms with van der Waals surface area (Å²) < 4.78 is 62.4. The molecule has 45 heavy (non-hydrogen) atoms. The first-order valence-electron chi connectivity index (χ1n) is 14.9. The highest BCUT2D eigenvalue weighted by Gasteiger charge is 2.43. The summed E-state index contributed by atoms with van der Waals surface area (Å²) in [5, 5.41) is 9.81. The number of ether oxygens (including phenoxy) is 1. The molecule has 0 radical (unpaired) electrons. The lowest BCUT2D eigenvalue weighted by molar-refractivity contribution is -0.131. The van der Waals surface area contributed by atoms with Gasteiger partial charge in [-0.05, 0) is 59.2 Å². The van der Waals surface area contributed by atoms with Gasteiger partial charge >= 0.3 is 6.18 Å². The molecule has 2 N–H and O–H groups in total. The number of likely N-dealkylation sites (tertiary alicyclic amines) is 1. The minimum atomic E-state index is -4.50. The van der Waals surface area contributed by atoms with E-state index in [4.69, 9.17) is 4.74 Å². The number of allylic oxidation sites excluding steroid dienone is 1. The maximum atomic E-state index is 14.5. The molecule has 1 aliphatic heterocycles. The van der Waals surface area contributed by atoms with E-state index in [0.29, 0.717) is 47.2 Å². The number of amides is 1. The first kappa shape index (κ1) is 30.5. The molecule has 0 atom stereocenters. The van der Waals surface area contributed by atoms with E-state index in [2.05, 4.69) is 27.4 Å². The molecule has 0 unspecified atom stereocenters. The minimum Gasteiger partial charge on any atom is -0.476 e. The fourth-order valence-electron chi connectivity index (χ4n) is 5.59. The molecule has 1 saturated carbocycles. The summed E-state index contributed by atoms with van der Waals surface area (Å²) in [5.74, 6) is 0.242. The molecular formula is C34H33F4N5O2. The van der Waals surface area contributed by atoms with Crippen LogP contribution in [-0.4, -0.2) is 63.9 Å². The lowest BCUT2D eigenvalue weighted by Gasteiger charge is -2.36. The van der Waals surface area contributed by atoms with Gasteiger partial charge in [-0.1, -0.05) is 49.4 Å². The zero-order valence-electron chi connectivity index (χ0n) is 24.7. The largest absolute Gasteiger partial charge is 0.476 e. The summed E-state index contributed by atoms with van der Waals surface area (Å²) in [6.07, 6.45) is 1.04. The van der Waals surface area contributed by atoms with Crippen molar-refractivity contribution in [3.05, 3.63) is 102 Å². The number of hydrogen-bond donors (Lipinski definition) is 2. The Morgan fingerprint density at radius 1 is 1.09 bits per heavy atom. The summed E-state index contributed by atoms with van der Waals surface area (Å²) in [6, 6.07) is 16.4. The SMILES string of the molecule is CC1CN(C(=O)/C=C/CNC2(COc3ccc(/C(=C(/CC(F)(F)F)c4ccccc4)c4ccc5n[nH]c(F)c5c4)cn3)CC2)C1. The average molecular weight is 620 g/mol. The van der Waals surface area contributed by atoms with Crippen LogP contribution in [0.5, 0.6) is 5.88 Å². The number of nitrogens with one attached hydrogen (secondary N) is 2. The predicted octanol–water partition coefficient (Wildman–Crippen LogP) is 6.54. The van der Waals surface area contributed by atoms with Gasteiger partial charge in [0.15, 0.2) is 0 Å². The number of alkyl halides is 3. The Kier molecular flexibility index (Phi) is 8.46. The van der Waals surface area contributed by atoms with Crippen LogP contribution in [0.3, 0.4) is 0 Å². The number of nitrogens with zero attached hydrogens (tertiary/aromatic N) is 3. The van der Waals surface area contributed by atoms with E-state index in [1.807, 2.05) is 11.0 Å². The standard InChI is InChI=1S/C34H33F4N5O2/c1-22-19-43(20-22)30(44)8-5-15-40-33(13-14-33)21-45-29-12-10-25(18-39-29)31(24-9-11-28-26(16-24)32(35)42-41-28)27(17-34(36,37)38)23-6-3-2-4-7-23/h2-12,16,18,22,40H,13-15,17,19-21H2,1H3,(H,41,42)/b8-5+,31-27-. The third-order valence-electron chi connectivity index (χ3n) is 8.20. The highest BCUT2D eigenvalue weighted by Crippen LogP contribution is 2.40. The van der Waals surface area contributed by atoms with Crippen LogP contribution >= 0.6 is 0 Å². The molecule has 7 nitrogen and oxygen atoms in total. The number of rotatable bonds is 11. The lowest BCUT2D eigenvalue weighted by Crippen LogP contribution is -2.48. The molecule has 1 aliphatic carbocycles. The molecule has 3 heterocycles. The van der Waals surface area contributed by atoms with Gasteiger partial charge in [0, 0.05) is 43.5 Å². The van der Waals surface area contributed by atoms with Crippen molar-refractivity contribution < 1.29 is 27.1 Å². The second-order valence-corrected chi connectivity index (χ2v) is 11.9. The van der Waals surface area contributed by atoms with Crippen molar-refractivity contribution in [3.8, 4) is 5.88 Å². The molecule has 6 rings (SSSR count). The van der Waals surface area contributed by atoms with Gasteiger partial charge in [-0.15, -0.1) is 0 Å². The molecule has 2 fully saturated rings. The number of halogens is 4. The van der Waals surface area contributed by atoms with Gasteiger partial charge in [-0.25, -0.2) is 4.98 Å². The van der Waals surface area contributed by atoms with Crippen LogP contribution in [0, 0.1) is 11.9 Å². The predicted molar refractivity (Wildman–Crippen MR) is 164 cm³/mol. The first-order valence-corrected chi connectivity index (χ1v) is 14.9. The maximum absolute atomic E-state index is 14.5. The Balaban J connectivity index is 1.22. The summed E-state index contributed by atoms with van der Waals surface area (Å²) >= 11 is 0. The number of hydrogen-bond acceptors (Lipinski definition) is 5. The number of H-pyrrole nitrogens is 1. The van der Waals surface area contributed by atoms with Gasteiger partial charge in [0.25, 0.3) is 0 Å². The van der Waals surface area contributed by atoms with Crippen molar-refractivity contribution in [1.82, 2.24) is 25.4 Å². The fourth-order valence-corrected chi connectivity index (χ4v) is 5.59. The number of aromatic nitrogens is 3. The van der Waals surface area contributed by atoms with Crippen LogP contribution in [0.1, 0.15) is 42.9 Å².